The molecule has 1 aliphatic heterocycles. The average Bonchev–Trinajstić information content (AvgIpc) is 2.36. The smallest absolute Gasteiger partial charge is 0.265 e. The summed E-state index contributed by atoms with van der Waals surface area (Å²) in [6.07, 6.45) is 0.898. The molecule has 0 amide bonds. The van der Waals surface area contributed by atoms with Crippen LogP contribution in [0.2, 0.25) is 0 Å². The first-order chi connectivity index (χ1) is 6.11. The molecule has 0 saturated heterocycles. The van der Waals surface area contributed by atoms with Crippen LogP contribution in [-0.4, -0.2) is 8.42 Å². The number of fused-ring (bicyclic) bond motifs is 1. The van der Waals surface area contributed by atoms with Gasteiger partial charge in [-0.15, -0.1) is 0 Å². The molecule has 2 N–H and O–H groups in total. The summed E-state index contributed by atoms with van der Waals surface area (Å²) in [5, 5.41) is 0. The van der Waals surface area contributed by atoms with Crippen LogP contribution in [0.5, 0.6) is 0 Å². The first-order valence-electron chi connectivity index (χ1n) is 4.04. The van der Waals surface area contributed by atoms with E-state index in [9.17, 15) is 8.42 Å². The number of hydrogen-bond donors (Lipinski definition) is 2. The van der Waals surface area contributed by atoms with Crippen LogP contribution >= 0.6 is 0 Å². The third-order valence-corrected chi connectivity index (χ3v) is 2.96. The molecule has 0 bridgehead atoms. The van der Waals surface area contributed by atoms with E-state index in [4.69, 9.17) is 0 Å². The van der Waals surface area contributed by atoms with E-state index in [-0.39, 0.29) is 0 Å². The van der Waals surface area contributed by atoms with Crippen molar-refractivity contribution in [2.75, 3.05) is 9.44 Å². The summed E-state index contributed by atoms with van der Waals surface area (Å²) >= 11 is 0. The normalized spacial score (nSPS) is 17.3. The molecule has 0 aromatic heterocycles. The Kier molecular flexibility index (Phi) is 1.69. The average molecular weight is 198 g/mol. The highest BCUT2D eigenvalue weighted by Crippen LogP contribution is 2.30. The van der Waals surface area contributed by atoms with Gasteiger partial charge in [-0.05, 0) is 24.1 Å². The van der Waals surface area contributed by atoms with Crippen molar-refractivity contribution in [3.8, 4) is 0 Å². The molecule has 4 nitrogen and oxygen atoms in total. The van der Waals surface area contributed by atoms with Crippen LogP contribution in [0, 0.1) is 0 Å². The van der Waals surface area contributed by atoms with Crippen LogP contribution in [0.1, 0.15) is 12.5 Å². The van der Waals surface area contributed by atoms with E-state index in [0.29, 0.717) is 11.4 Å². The number of anilines is 2. The maximum absolute atomic E-state index is 11.1. The SMILES string of the molecule is CCc1ccc2c(c1)NS(=O)(=O)N2. The van der Waals surface area contributed by atoms with Gasteiger partial charge in [0.1, 0.15) is 0 Å². The molecule has 0 saturated carbocycles. The molecular formula is C8H10N2O2S. The summed E-state index contributed by atoms with van der Waals surface area (Å²) in [7, 11) is -3.33. The number of hydrogen-bond acceptors (Lipinski definition) is 2. The summed E-state index contributed by atoms with van der Waals surface area (Å²) in [5.41, 5.74) is 2.38. The van der Waals surface area contributed by atoms with E-state index in [2.05, 4.69) is 9.44 Å². The van der Waals surface area contributed by atoms with Gasteiger partial charge in [0.15, 0.2) is 0 Å². The van der Waals surface area contributed by atoms with Gasteiger partial charge in [-0.3, -0.25) is 9.44 Å². The number of nitrogens with one attached hydrogen (secondary N) is 2. The van der Waals surface area contributed by atoms with Gasteiger partial charge in [0.05, 0.1) is 11.4 Å². The van der Waals surface area contributed by atoms with Gasteiger partial charge in [0, 0.05) is 0 Å². The topological polar surface area (TPSA) is 58.2 Å². The van der Waals surface area contributed by atoms with Crippen molar-refractivity contribution in [3.63, 3.8) is 0 Å². The summed E-state index contributed by atoms with van der Waals surface area (Å²) in [4.78, 5) is 0. The zero-order valence-corrected chi connectivity index (χ0v) is 7.98. The molecule has 0 aliphatic carbocycles. The van der Waals surface area contributed by atoms with Crippen LogP contribution < -0.4 is 9.44 Å². The quantitative estimate of drug-likeness (QED) is 0.715. The van der Waals surface area contributed by atoms with Crippen molar-refractivity contribution >= 4 is 21.6 Å². The summed E-state index contributed by atoms with van der Waals surface area (Å²) in [5.74, 6) is 0. The molecule has 0 unspecified atom stereocenters. The fourth-order valence-corrected chi connectivity index (χ4v) is 2.28. The molecule has 1 aromatic carbocycles. The Morgan fingerprint density at radius 2 is 1.92 bits per heavy atom. The minimum absolute atomic E-state index is 0.622. The highest BCUT2D eigenvalue weighted by molar-refractivity contribution is 7.94. The molecule has 1 heterocycles. The highest BCUT2D eigenvalue weighted by Gasteiger charge is 2.21. The van der Waals surface area contributed by atoms with Crippen molar-refractivity contribution in [2.24, 2.45) is 0 Å². The van der Waals surface area contributed by atoms with Gasteiger partial charge >= 0.3 is 10.2 Å². The van der Waals surface area contributed by atoms with Gasteiger partial charge in [0.2, 0.25) is 0 Å². The van der Waals surface area contributed by atoms with Crippen molar-refractivity contribution in [2.45, 2.75) is 13.3 Å². The Morgan fingerprint density at radius 3 is 2.62 bits per heavy atom. The molecule has 1 aromatic rings. The van der Waals surface area contributed by atoms with Gasteiger partial charge in [-0.1, -0.05) is 13.0 Å². The van der Waals surface area contributed by atoms with Gasteiger partial charge in [-0.2, -0.15) is 8.42 Å². The maximum atomic E-state index is 11.1. The van der Waals surface area contributed by atoms with Gasteiger partial charge in [0.25, 0.3) is 0 Å². The molecule has 70 valence electrons. The predicted octanol–water partition coefficient (Wildman–Crippen LogP) is 1.33. The van der Waals surface area contributed by atoms with Crippen LogP contribution in [0.4, 0.5) is 11.4 Å². The van der Waals surface area contributed by atoms with E-state index >= 15 is 0 Å². The van der Waals surface area contributed by atoms with Crippen LogP contribution in [-0.2, 0) is 16.6 Å². The van der Waals surface area contributed by atoms with E-state index < -0.39 is 10.2 Å². The Morgan fingerprint density at radius 1 is 1.23 bits per heavy atom. The maximum Gasteiger partial charge on any atom is 0.321 e. The third-order valence-electron chi connectivity index (χ3n) is 1.98. The third kappa shape index (κ3) is 1.47. The molecule has 1 aliphatic rings. The van der Waals surface area contributed by atoms with E-state index in [1.807, 2.05) is 19.1 Å². The fraction of sp³-hybridized carbons (Fsp3) is 0.250. The van der Waals surface area contributed by atoms with Crippen molar-refractivity contribution in [1.82, 2.24) is 0 Å². The second kappa shape index (κ2) is 2.63. The zero-order chi connectivity index (χ0) is 9.47. The number of rotatable bonds is 1. The van der Waals surface area contributed by atoms with Crippen molar-refractivity contribution in [1.29, 1.82) is 0 Å². The Labute approximate surface area is 77.2 Å². The second-order valence-corrected chi connectivity index (χ2v) is 4.36. The minimum Gasteiger partial charge on any atom is -0.265 e. The lowest BCUT2D eigenvalue weighted by atomic mass is 10.1. The lowest BCUT2D eigenvalue weighted by molar-refractivity contribution is 0.607. The largest absolute Gasteiger partial charge is 0.321 e. The zero-order valence-electron chi connectivity index (χ0n) is 7.16. The van der Waals surface area contributed by atoms with Crippen LogP contribution in [0.25, 0.3) is 0 Å². The molecular weight excluding hydrogens is 188 g/mol. The first kappa shape index (κ1) is 8.37. The van der Waals surface area contributed by atoms with Crippen molar-refractivity contribution in [3.05, 3.63) is 23.8 Å². The summed E-state index contributed by atoms with van der Waals surface area (Å²) < 4.78 is 26.9. The first-order valence-corrected chi connectivity index (χ1v) is 5.52. The molecule has 2 rings (SSSR count). The molecule has 0 spiro atoms. The lowest BCUT2D eigenvalue weighted by Gasteiger charge is -1.98. The monoisotopic (exact) mass is 198 g/mol. The van der Waals surface area contributed by atoms with E-state index in [1.54, 1.807) is 6.07 Å². The van der Waals surface area contributed by atoms with Crippen LogP contribution in [0.15, 0.2) is 18.2 Å². The minimum atomic E-state index is -3.33. The molecule has 0 fully saturated rings. The number of aryl methyl sites for hydroxylation is 1. The number of benzene rings is 1. The lowest BCUT2D eigenvalue weighted by Crippen LogP contribution is -2.12. The molecule has 0 radical (unpaired) electrons. The van der Waals surface area contributed by atoms with Gasteiger partial charge < -0.3 is 0 Å². The summed E-state index contributed by atoms with van der Waals surface area (Å²) in [6.45, 7) is 2.03. The molecule has 5 heteroatoms. The van der Waals surface area contributed by atoms with Crippen LogP contribution in [0.3, 0.4) is 0 Å². The van der Waals surface area contributed by atoms with E-state index in [1.165, 1.54) is 0 Å². The predicted molar refractivity (Wildman–Crippen MR) is 52.0 cm³/mol. The fourth-order valence-electron chi connectivity index (χ4n) is 1.30. The Hall–Kier alpha value is -1.23. The van der Waals surface area contributed by atoms with Crippen molar-refractivity contribution < 1.29 is 8.42 Å². The highest BCUT2D eigenvalue weighted by atomic mass is 32.2. The Balaban J connectivity index is 2.47. The molecule has 0 atom stereocenters. The summed E-state index contributed by atoms with van der Waals surface area (Å²) in [6, 6.07) is 5.52. The molecule has 13 heavy (non-hydrogen) atoms. The Bertz CT molecular complexity index is 439. The standard InChI is InChI=1S/C8H10N2O2S/c1-2-6-3-4-7-8(5-6)10-13(11,12)9-7/h3-5,9-10H,2H2,1H3. The van der Waals surface area contributed by atoms with E-state index in [0.717, 1.165) is 12.0 Å². The second-order valence-electron chi connectivity index (χ2n) is 2.94. The van der Waals surface area contributed by atoms with Gasteiger partial charge in [-0.25, -0.2) is 0 Å².